The van der Waals surface area contributed by atoms with Crippen LogP contribution in [0.3, 0.4) is 0 Å². The summed E-state index contributed by atoms with van der Waals surface area (Å²) < 4.78 is 23.4. The van der Waals surface area contributed by atoms with Crippen molar-refractivity contribution in [1.82, 2.24) is 24.3 Å². The van der Waals surface area contributed by atoms with Crippen molar-refractivity contribution >= 4 is 17.3 Å². The zero-order valence-electron chi connectivity index (χ0n) is 23.5. The number of likely N-dealkylation sites (N-methyl/N-ethyl adjacent to an activating group) is 1. The molecule has 6 rings (SSSR count). The van der Waals surface area contributed by atoms with Gasteiger partial charge in [-0.2, -0.15) is 0 Å². The van der Waals surface area contributed by atoms with Crippen LogP contribution in [0.4, 0.5) is 16.0 Å². The van der Waals surface area contributed by atoms with E-state index < -0.39 is 5.82 Å². The zero-order valence-corrected chi connectivity index (χ0v) is 23.5. The molecule has 0 aliphatic carbocycles. The van der Waals surface area contributed by atoms with E-state index in [1.165, 1.54) is 11.6 Å². The van der Waals surface area contributed by atoms with Crippen LogP contribution in [0.5, 0.6) is 5.75 Å². The summed E-state index contributed by atoms with van der Waals surface area (Å²) in [7, 11) is 4.13. The molecule has 6 aromatic rings. The second-order valence-corrected chi connectivity index (χ2v) is 10.3. The Bertz CT molecular complexity index is 1820. The average molecular weight is 559 g/mol. The van der Waals surface area contributed by atoms with E-state index in [9.17, 15) is 0 Å². The van der Waals surface area contributed by atoms with Crippen molar-refractivity contribution < 1.29 is 9.13 Å². The molecule has 8 heteroatoms. The van der Waals surface area contributed by atoms with Crippen LogP contribution in [0.1, 0.15) is 11.1 Å². The number of nitrogens with zero attached hydrogens (tertiary/aromatic N) is 5. The van der Waals surface area contributed by atoms with Crippen LogP contribution in [-0.4, -0.2) is 44.9 Å². The topological polar surface area (TPSA) is 67.6 Å². The molecule has 0 unspecified atom stereocenters. The summed E-state index contributed by atoms with van der Waals surface area (Å²) in [4.78, 5) is 16.2. The highest BCUT2D eigenvalue weighted by Crippen LogP contribution is 2.35. The minimum atomic E-state index is -0.424. The van der Waals surface area contributed by atoms with Gasteiger partial charge >= 0.3 is 0 Å². The highest BCUT2D eigenvalue weighted by molar-refractivity contribution is 5.81. The number of halogens is 1. The van der Waals surface area contributed by atoms with E-state index in [0.717, 1.165) is 24.2 Å². The van der Waals surface area contributed by atoms with Crippen LogP contribution in [0.25, 0.3) is 28.3 Å². The maximum absolute atomic E-state index is 15.6. The summed E-state index contributed by atoms with van der Waals surface area (Å²) in [5.74, 6) is 0.470. The summed E-state index contributed by atoms with van der Waals surface area (Å²) in [5, 5.41) is 3.33. The van der Waals surface area contributed by atoms with E-state index in [1.807, 2.05) is 77.3 Å². The molecule has 3 aromatic heterocycles. The predicted octanol–water partition coefficient (Wildman–Crippen LogP) is 7.02. The van der Waals surface area contributed by atoms with Crippen LogP contribution in [0, 0.1) is 5.82 Å². The van der Waals surface area contributed by atoms with Gasteiger partial charge in [0.25, 0.3) is 0 Å². The molecular formula is C34H31FN6O. The minimum absolute atomic E-state index is 0.356. The van der Waals surface area contributed by atoms with Crippen LogP contribution in [0.15, 0.2) is 109 Å². The fourth-order valence-corrected chi connectivity index (χ4v) is 4.78. The first kappa shape index (κ1) is 27.1. The molecule has 42 heavy (non-hydrogen) atoms. The van der Waals surface area contributed by atoms with Gasteiger partial charge in [-0.3, -0.25) is 4.40 Å². The molecular weight excluding hydrogens is 527 g/mol. The molecule has 0 radical (unpaired) electrons. The standard InChI is InChI=1S/C34H31FN6O/c1-40(2)20-17-24-11-8-12-26(21-24)37-34-36-18-16-30(38-34)33-32(39-31-13-6-7-19-41(31)33)28-15-14-27(22-29(28)35)42-23-25-9-4-3-5-10-25/h3-16,18-19,21-22H,17,20,23H2,1-2H3,(H,36,37,38). The van der Waals surface area contributed by atoms with E-state index in [4.69, 9.17) is 14.7 Å². The van der Waals surface area contributed by atoms with Gasteiger partial charge < -0.3 is 15.0 Å². The molecule has 1 N–H and O–H groups in total. The van der Waals surface area contributed by atoms with Crippen molar-refractivity contribution in [2.45, 2.75) is 13.0 Å². The van der Waals surface area contributed by atoms with Crippen molar-refractivity contribution in [2.75, 3.05) is 26.0 Å². The SMILES string of the molecule is CN(C)CCc1cccc(Nc2nccc(-c3c(-c4ccc(OCc5ccccc5)cc4F)nc4ccccn34)n2)c1. The Balaban J connectivity index is 1.31. The smallest absolute Gasteiger partial charge is 0.227 e. The van der Waals surface area contributed by atoms with Gasteiger partial charge in [-0.25, -0.2) is 19.3 Å². The molecule has 0 atom stereocenters. The Morgan fingerprint density at radius 2 is 1.69 bits per heavy atom. The van der Waals surface area contributed by atoms with Gasteiger partial charge in [-0.05, 0) is 74.1 Å². The normalized spacial score (nSPS) is 11.2. The monoisotopic (exact) mass is 558 g/mol. The number of hydrogen-bond donors (Lipinski definition) is 1. The van der Waals surface area contributed by atoms with E-state index in [-0.39, 0.29) is 0 Å². The van der Waals surface area contributed by atoms with Crippen LogP contribution >= 0.6 is 0 Å². The number of imidazole rings is 1. The Morgan fingerprint density at radius 1 is 0.857 bits per heavy atom. The molecule has 0 bridgehead atoms. The summed E-state index contributed by atoms with van der Waals surface area (Å²) in [5.41, 5.74) is 5.97. The maximum Gasteiger partial charge on any atom is 0.227 e. The number of ether oxygens (including phenoxy) is 1. The second kappa shape index (κ2) is 12.2. The Kier molecular flexibility index (Phi) is 7.87. The zero-order chi connectivity index (χ0) is 28.9. The highest BCUT2D eigenvalue weighted by atomic mass is 19.1. The van der Waals surface area contributed by atoms with Gasteiger partial charge in [0.2, 0.25) is 5.95 Å². The summed E-state index contributed by atoms with van der Waals surface area (Å²) in [6, 6.07) is 30.4. The number of rotatable bonds is 10. The number of pyridine rings is 1. The maximum atomic E-state index is 15.6. The van der Waals surface area contributed by atoms with Gasteiger partial charge in [0.05, 0.1) is 11.4 Å². The predicted molar refractivity (Wildman–Crippen MR) is 164 cm³/mol. The molecule has 0 saturated carbocycles. The largest absolute Gasteiger partial charge is 0.489 e. The summed E-state index contributed by atoms with van der Waals surface area (Å²) >= 11 is 0. The number of nitrogens with one attached hydrogen (secondary N) is 1. The molecule has 0 fully saturated rings. The molecule has 0 spiro atoms. The summed E-state index contributed by atoms with van der Waals surface area (Å²) in [6.07, 6.45) is 4.54. The van der Waals surface area contributed by atoms with Gasteiger partial charge in [0.1, 0.15) is 29.5 Å². The van der Waals surface area contributed by atoms with Crippen LogP contribution < -0.4 is 10.1 Å². The molecule has 3 heterocycles. The van der Waals surface area contributed by atoms with Gasteiger partial charge in [-0.1, -0.05) is 48.5 Å². The van der Waals surface area contributed by atoms with E-state index in [2.05, 4.69) is 41.4 Å². The molecule has 0 amide bonds. The van der Waals surface area contributed by atoms with Gasteiger partial charge in [-0.15, -0.1) is 0 Å². The van der Waals surface area contributed by atoms with Crippen LogP contribution in [-0.2, 0) is 13.0 Å². The number of anilines is 2. The first-order valence-electron chi connectivity index (χ1n) is 13.8. The fourth-order valence-electron chi connectivity index (χ4n) is 4.78. The third-order valence-electron chi connectivity index (χ3n) is 6.90. The number of hydrogen-bond acceptors (Lipinski definition) is 6. The van der Waals surface area contributed by atoms with Crippen molar-refractivity contribution in [1.29, 1.82) is 0 Å². The van der Waals surface area contributed by atoms with E-state index in [0.29, 0.717) is 46.6 Å². The molecule has 0 aliphatic heterocycles. The molecule has 210 valence electrons. The second-order valence-electron chi connectivity index (χ2n) is 10.3. The lowest BCUT2D eigenvalue weighted by Crippen LogP contribution is -2.15. The lowest BCUT2D eigenvalue weighted by Gasteiger charge is -2.12. The molecule has 7 nitrogen and oxygen atoms in total. The van der Waals surface area contributed by atoms with Gasteiger partial charge in [0, 0.05) is 36.3 Å². The highest BCUT2D eigenvalue weighted by Gasteiger charge is 2.20. The Hall–Kier alpha value is -5.08. The van der Waals surface area contributed by atoms with Crippen molar-refractivity contribution in [3.63, 3.8) is 0 Å². The van der Waals surface area contributed by atoms with Gasteiger partial charge in [0.15, 0.2) is 0 Å². The minimum Gasteiger partial charge on any atom is -0.489 e. The first-order valence-corrected chi connectivity index (χ1v) is 13.8. The van der Waals surface area contributed by atoms with Crippen molar-refractivity contribution in [3.8, 4) is 28.4 Å². The Labute approximate surface area is 244 Å². The lowest BCUT2D eigenvalue weighted by atomic mass is 10.1. The fraction of sp³-hybridized carbons (Fsp3) is 0.147. The molecule has 0 aliphatic rings. The molecule has 3 aromatic carbocycles. The van der Waals surface area contributed by atoms with Crippen molar-refractivity contribution in [3.05, 3.63) is 126 Å². The Morgan fingerprint density at radius 3 is 2.52 bits per heavy atom. The number of benzene rings is 3. The summed E-state index contributed by atoms with van der Waals surface area (Å²) in [6.45, 7) is 1.32. The third-order valence-corrected chi connectivity index (χ3v) is 6.90. The lowest BCUT2D eigenvalue weighted by molar-refractivity contribution is 0.304. The average Bonchev–Trinajstić information content (AvgIpc) is 3.39. The van der Waals surface area contributed by atoms with E-state index >= 15 is 4.39 Å². The number of fused-ring (bicyclic) bond motifs is 1. The van der Waals surface area contributed by atoms with E-state index in [1.54, 1.807) is 18.3 Å². The first-order chi connectivity index (χ1) is 20.5. The quantitative estimate of drug-likeness (QED) is 0.195. The third kappa shape index (κ3) is 6.14. The van der Waals surface area contributed by atoms with Crippen LogP contribution in [0.2, 0.25) is 0 Å². The molecule has 0 saturated heterocycles. The number of aromatic nitrogens is 4. The van der Waals surface area contributed by atoms with Crippen molar-refractivity contribution in [2.24, 2.45) is 0 Å².